The van der Waals surface area contributed by atoms with E-state index in [2.05, 4.69) is 53.1 Å². The van der Waals surface area contributed by atoms with Gasteiger partial charge in [-0.25, -0.2) is 0 Å². The van der Waals surface area contributed by atoms with E-state index in [-0.39, 0.29) is 18.3 Å². The number of aryl methyl sites for hydroxylation is 1. The van der Waals surface area contributed by atoms with Crippen molar-refractivity contribution in [1.29, 1.82) is 0 Å². The van der Waals surface area contributed by atoms with Gasteiger partial charge in [-0.2, -0.15) is 0 Å². The minimum atomic E-state index is 0. The Balaban J connectivity index is 0.00000240. The predicted molar refractivity (Wildman–Crippen MR) is 123 cm³/mol. The molecule has 156 valence electrons. The van der Waals surface area contributed by atoms with Crippen LogP contribution in [-0.4, -0.2) is 36.0 Å². The molecule has 1 saturated heterocycles. The van der Waals surface area contributed by atoms with E-state index < -0.39 is 0 Å². The van der Waals surface area contributed by atoms with E-state index in [1.54, 1.807) is 0 Å². The van der Waals surface area contributed by atoms with Crippen LogP contribution in [0.1, 0.15) is 44.2 Å². The number of hydrogen-bond donors (Lipinski definition) is 0. The maximum Gasteiger partial charge on any atom is 0.226 e. The molecule has 0 radical (unpaired) electrons. The van der Waals surface area contributed by atoms with Crippen molar-refractivity contribution in [1.82, 2.24) is 4.90 Å². The van der Waals surface area contributed by atoms with Crippen molar-refractivity contribution in [3.8, 4) is 0 Å². The third kappa shape index (κ3) is 4.67. The number of benzene rings is 2. The monoisotopic (exact) mass is 412 g/mol. The van der Waals surface area contributed by atoms with E-state index in [0.29, 0.717) is 24.4 Å². The van der Waals surface area contributed by atoms with Gasteiger partial charge in [0.15, 0.2) is 0 Å². The molecule has 1 amide bonds. The molecule has 0 bridgehead atoms. The first-order valence-corrected chi connectivity index (χ1v) is 10.8. The minimum Gasteiger partial charge on any atom is -0.309 e. The van der Waals surface area contributed by atoms with Crippen molar-refractivity contribution < 1.29 is 4.79 Å². The number of fused-ring (bicyclic) bond motifs is 1. The molecule has 1 aliphatic heterocycles. The van der Waals surface area contributed by atoms with Gasteiger partial charge in [-0.05, 0) is 54.9 Å². The van der Waals surface area contributed by atoms with E-state index in [1.807, 2.05) is 25.1 Å². The number of carbonyl (C=O) groups is 1. The molecule has 1 heterocycles. The molecule has 0 spiro atoms. The zero-order chi connectivity index (χ0) is 19.5. The first-order valence-electron chi connectivity index (χ1n) is 10.8. The SMILES string of the molecule is CCC(=O)N(c1ccccc1)[C@H]1CCN(C2CCc3ccccc3C2)C[C@@H]1C.Cl. The zero-order valence-corrected chi connectivity index (χ0v) is 18.4. The van der Waals surface area contributed by atoms with E-state index in [1.165, 1.54) is 30.4 Å². The van der Waals surface area contributed by atoms with Crippen LogP contribution in [0.4, 0.5) is 5.69 Å². The molecule has 3 nitrogen and oxygen atoms in total. The third-order valence-corrected chi connectivity index (χ3v) is 6.67. The van der Waals surface area contributed by atoms with Crippen LogP contribution in [0.3, 0.4) is 0 Å². The fraction of sp³-hybridized carbons (Fsp3) is 0.480. The highest BCUT2D eigenvalue weighted by atomic mass is 35.5. The van der Waals surface area contributed by atoms with Crippen LogP contribution in [-0.2, 0) is 17.6 Å². The summed E-state index contributed by atoms with van der Waals surface area (Å²) in [6.07, 6.45) is 5.23. The molecule has 4 rings (SSSR count). The maximum atomic E-state index is 12.8. The van der Waals surface area contributed by atoms with Gasteiger partial charge in [-0.3, -0.25) is 9.69 Å². The first-order chi connectivity index (χ1) is 13.7. The highest BCUT2D eigenvalue weighted by Gasteiger charge is 2.36. The number of halogens is 1. The number of para-hydroxylation sites is 1. The molecular weight excluding hydrogens is 380 g/mol. The van der Waals surface area contributed by atoms with Crippen molar-refractivity contribution in [2.24, 2.45) is 5.92 Å². The summed E-state index contributed by atoms with van der Waals surface area (Å²) in [6.45, 7) is 6.46. The predicted octanol–water partition coefficient (Wildman–Crippen LogP) is 5.12. The lowest BCUT2D eigenvalue weighted by Gasteiger charge is -2.46. The van der Waals surface area contributed by atoms with Gasteiger partial charge in [-0.15, -0.1) is 12.4 Å². The Hall–Kier alpha value is -1.84. The molecule has 29 heavy (non-hydrogen) atoms. The Kier molecular flexibility index (Phi) is 7.37. The first kappa shape index (κ1) is 21.9. The lowest BCUT2D eigenvalue weighted by atomic mass is 9.84. The van der Waals surface area contributed by atoms with Crippen LogP contribution in [0.5, 0.6) is 0 Å². The quantitative estimate of drug-likeness (QED) is 0.695. The molecule has 2 aliphatic rings. The number of amides is 1. The number of carbonyl (C=O) groups excluding carboxylic acids is 1. The van der Waals surface area contributed by atoms with Gasteiger partial charge in [0.25, 0.3) is 0 Å². The summed E-state index contributed by atoms with van der Waals surface area (Å²) < 4.78 is 0. The molecule has 2 aromatic carbocycles. The van der Waals surface area contributed by atoms with Crippen molar-refractivity contribution in [3.63, 3.8) is 0 Å². The van der Waals surface area contributed by atoms with E-state index in [9.17, 15) is 4.79 Å². The molecular formula is C25H33ClN2O. The van der Waals surface area contributed by atoms with Gasteiger partial charge >= 0.3 is 0 Å². The second kappa shape index (κ2) is 9.77. The van der Waals surface area contributed by atoms with Gasteiger partial charge in [0.05, 0.1) is 0 Å². The van der Waals surface area contributed by atoms with Crippen LogP contribution in [0.25, 0.3) is 0 Å². The Labute approximate surface area is 181 Å². The Morgan fingerprint density at radius 1 is 1.03 bits per heavy atom. The van der Waals surface area contributed by atoms with Crippen molar-refractivity contribution in [2.45, 2.75) is 58.0 Å². The molecule has 1 unspecified atom stereocenters. The van der Waals surface area contributed by atoms with E-state index >= 15 is 0 Å². The number of piperidine rings is 1. The minimum absolute atomic E-state index is 0. The molecule has 0 saturated carbocycles. The molecule has 4 heteroatoms. The second-order valence-corrected chi connectivity index (χ2v) is 8.45. The van der Waals surface area contributed by atoms with Crippen molar-refractivity contribution in [2.75, 3.05) is 18.0 Å². The molecule has 0 N–H and O–H groups in total. The van der Waals surface area contributed by atoms with Crippen molar-refractivity contribution >= 4 is 24.0 Å². The molecule has 0 aromatic heterocycles. The fourth-order valence-corrected chi connectivity index (χ4v) is 5.15. The number of nitrogens with zero attached hydrogens (tertiary/aromatic N) is 2. The van der Waals surface area contributed by atoms with Gasteiger partial charge in [0.2, 0.25) is 5.91 Å². The van der Waals surface area contributed by atoms with Gasteiger partial charge < -0.3 is 4.90 Å². The summed E-state index contributed by atoms with van der Waals surface area (Å²) in [5, 5.41) is 0. The lowest BCUT2D eigenvalue weighted by molar-refractivity contribution is -0.119. The highest BCUT2D eigenvalue weighted by Crippen LogP contribution is 2.32. The highest BCUT2D eigenvalue weighted by molar-refractivity contribution is 5.93. The molecule has 2 aromatic rings. The Morgan fingerprint density at radius 2 is 1.72 bits per heavy atom. The standard InChI is InChI=1S/C25H32N2O.ClH/c1-3-25(28)27(22-11-5-4-6-12-22)24-15-16-26(18-19(24)2)23-14-13-20-9-7-8-10-21(20)17-23;/h4-12,19,23-24H,3,13-18H2,1-2H3;1H/t19-,23?,24-;/m0./s1. The summed E-state index contributed by atoms with van der Waals surface area (Å²) in [4.78, 5) is 17.6. The maximum absolute atomic E-state index is 12.8. The normalized spacial score (nSPS) is 24.3. The summed E-state index contributed by atoms with van der Waals surface area (Å²) in [7, 11) is 0. The average molecular weight is 413 g/mol. The van der Waals surface area contributed by atoms with Crippen LogP contribution in [0, 0.1) is 5.92 Å². The molecule has 1 aliphatic carbocycles. The van der Waals surface area contributed by atoms with E-state index in [0.717, 1.165) is 25.2 Å². The van der Waals surface area contributed by atoms with Gasteiger partial charge in [0.1, 0.15) is 0 Å². The summed E-state index contributed by atoms with van der Waals surface area (Å²) in [5.74, 6) is 0.713. The van der Waals surface area contributed by atoms with Crippen LogP contribution >= 0.6 is 12.4 Å². The summed E-state index contributed by atoms with van der Waals surface area (Å²) in [5.41, 5.74) is 4.11. The number of rotatable bonds is 4. The van der Waals surface area contributed by atoms with Gasteiger partial charge in [0, 0.05) is 37.3 Å². The van der Waals surface area contributed by atoms with Crippen molar-refractivity contribution in [3.05, 3.63) is 65.7 Å². The molecule has 1 fully saturated rings. The fourth-order valence-electron chi connectivity index (χ4n) is 5.15. The molecule has 3 atom stereocenters. The third-order valence-electron chi connectivity index (χ3n) is 6.67. The van der Waals surface area contributed by atoms with E-state index in [4.69, 9.17) is 0 Å². The summed E-state index contributed by atoms with van der Waals surface area (Å²) >= 11 is 0. The number of likely N-dealkylation sites (tertiary alicyclic amines) is 1. The second-order valence-electron chi connectivity index (χ2n) is 8.45. The number of hydrogen-bond acceptors (Lipinski definition) is 2. The topological polar surface area (TPSA) is 23.6 Å². The van der Waals surface area contributed by atoms with Crippen LogP contribution in [0.2, 0.25) is 0 Å². The van der Waals surface area contributed by atoms with Crippen LogP contribution < -0.4 is 4.90 Å². The summed E-state index contributed by atoms with van der Waals surface area (Å²) in [6, 6.07) is 20.1. The largest absolute Gasteiger partial charge is 0.309 e. The average Bonchev–Trinajstić information content (AvgIpc) is 2.75. The van der Waals surface area contributed by atoms with Crippen LogP contribution in [0.15, 0.2) is 54.6 Å². The Bertz CT molecular complexity index is 809. The zero-order valence-electron chi connectivity index (χ0n) is 17.6. The lowest BCUT2D eigenvalue weighted by Crippen LogP contribution is -2.55. The Morgan fingerprint density at radius 3 is 2.41 bits per heavy atom. The number of anilines is 1. The van der Waals surface area contributed by atoms with Gasteiger partial charge in [-0.1, -0.05) is 56.3 Å². The smallest absolute Gasteiger partial charge is 0.226 e.